The van der Waals surface area contributed by atoms with Gasteiger partial charge in [-0.25, -0.2) is 19.6 Å². The van der Waals surface area contributed by atoms with Gasteiger partial charge in [-0.1, -0.05) is 59.0 Å². The number of rotatable bonds is 13. The molecule has 1 unspecified atom stereocenters. The van der Waals surface area contributed by atoms with Crippen LogP contribution in [0.1, 0.15) is 60.8 Å². The van der Waals surface area contributed by atoms with Crippen LogP contribution in [0.2, 0.25) is 0 Å². The van der Waals surface area contributed by atoms with Crippen LogP contribution < -0.4 is 10.6 Å². The van der Waals surface area contributed by atoms with E-state index in [9.17, 15) is 24.3 Å². The monoisotopic (exact) mass is 802 g/mol. The van der Waals surface area contributed by atoms with Gasteiger partial charge in [-0.3, -0.25) is 19.8 Å². The first kappa shape index (κ1) is 38.5. The molecule has 2 saturated heterocycles. The molecule has 4 atom stereocenters. The highest BCUT2D eigenvalue weighted by atomic mass is 16.5. The lowest BCUT2D eigenvalue weighted by molar-refractivity contribution is -0.135. The first-order valence-corrected chi connectivity index (χ1v) is 19.2. The standard InChI is InChI=1S/C39H42N14O6/c1-59-39(58)47-29(17-27-19-43-51-49-27)37(55)53-15-3-5-33(53)35-41-21-31(45-35)25-12-8-23(9-13-25)22-6-10-24(11-7-22)30-20-40-34(44-30)32-4-2-14-52(32)36(54)28(46-38(56)57)16-26-18-42-50-48-26/h6-13,18-21,28-29,32-33,46H,2-5,14-17H2,1H3,(H,40,44)(H,41,45)(H,47,58)(H,56,57)(H,42,48,50)(H,43,49,51)/t28-,29-,32-,33?/m0/s1. The molecule has 4 amide bonds. The van der Waals surface area contributed by atoms with Gasteiger partial charge in [-0.15, -0.1) is 10.2 Å². The Morgan fingerprint density at radius 1 is 0.712 bits per heavy atom. The minimum Gasteiger partial charge on any atom is -0.465 e. The number of ether oxygens (including phenoxy) is 1. The lowest BCUT2D eigenvalue weighted by atomic mass is 10.0. The molecule has 2 aliphatic heterocycles. The summed E-state index contributed by atoms with van der Waals surface area (Å²) in [4.78, 5) is 70.5. The Hall–Kier alpha value is -7.38. The van der Waals surface area contributed by atoms with Crippen LogP contribution in [-0.4, -0.2) is 122 Å². The summed E-state index contributed by atoms with van der Waals surface area (Å²) in [6.45, 7) is 1.00. The van der Waals surface area contributed by atoms with Gasteiger partial charge in [0.1, 0.15) is 23.7 Å². The van der Waals surface area contributed by atoms with Crippen molar-refractivity contribution in [2.45, 2.75) is 62.7 Å². The lowest BCUT2D eigenvalue weighted by Gasteiger charge is -2.27. The molecule has 0 saturated carbocycles. The van der Waals surface area contributed by atoms with Crippen LogP contribution in [0.3, 0.4) is 0 Å². The van der Waals surface area contributed by atoms with E-state index in [1.807, 2.05) is 48.5 Å². The number of H-pyrrole nitrogens is 4. The molecule has 2 aromatic carbocycles. The molecule has 8 rings (SSSR count). The molecule has 20 nitrogen and oxygen atoms in total. The van der Waals surface area contributed by atoms with E-state index >= 15 is 0 Å². The van der Waals surface area contributed by atoms with E-state index in [1.165, 1.54) is 13.3 Å². The Morgan fingerprint density at radius 2 is 1.15 bits per heavy atom. The van der Waals surface area contributed by atoms with Crippen LogP contribution >= 0.6 is 0 Å². The molecule has 6 heterocycles. The zero-order valence-electron chi connectivity index (χ0n) is 32.0. The number of aromatic amines is 4. The quantitative estimate of drug-likeness (QED) is 0.0884. The average Bonchev–Trinajstić information content (AvgIpc) is 4.11. The summed E-state index contributed by atoms with van der Waals surface area (Å²) in [5.41, 5.74) is 6.52. The van der Waals surface area contributed by atoms with E-state index in [0.29, 0.717) is 42.5 Å². The Morgan fingerprint density at radius 3 is 1.56 bits per heavy atom. The maximum absolute atomic E-state index is 13.8. The second-order valence-corrected chi connectivity index (χ2v) is 14.4. The number of nitrogens with zero attached hydrogens (tertiary/aromatic N) is 8. The number of imidazole rings is 2. The minimum absolute atomic E-state index is 0.0730. The number of benzene rings is 2. The smallest absolute Gasteiger partial charge is 0.407 e. The van der Waals surface area contributed by atoms with Gasteiger partial charge in [-0.05, 0) is 47.9 Å². The molecule has 2 fully saturated rings. The zero-order chi connectivity index (χ0) is 40.9. The van der Waals surface area contributed by atoms with Crippen molar-refractivity contribution in [1.82, 2.24) is 71.2 Å². The molecule has 304 valence electrons. The third-order valence-corrected chi connectivity index (χ3v) is 10.8. The van der Waals surface area contributed by atoms with Crippen molar-refractivity contribution >= 4 is 24.0 Å². The molecule has 0 bridgehead atoms. The van der Waals surface area contributed by atoms with Crippen LogP contribution in [0.4, 0.5) is 9.59 Å². The lowest BCUT2D eigenvalue weighted by Crippen LogP contribution is -2.49. The third kappa shape index (κ3) is 8.50. The summed E-state index contributed by atoms with van der Waals surface area (Å²) in [7, 11) is 1.25. The average molecular weight is 803 g/mol. The molecule has 4 aromatic heterocycles. The third-order valence-electron chi connectivity index (χ3n) is 10.8. The van der Waals surface area contributed by atoms with Gasteiger partial charge in [0.25, 0.3) is 0 Å². The van der Waals surface area contributed by atoms with Crippen LogP contribution in [-0.2, 0) is 27.2 Å². The molecule has 0 spiro atoms. The first-order valence-electron chi connectivity index (χ1n) is 19.2. The van der Waals surface area contributed by atoms with Gasteiger partial charge >= 0.3 is 12.2 Å². The fraction of sp³-hybridized carbons (Fsp3) is 0.333. The van der Waals surface area contributed by atoms with Crippen molar-refractivity contribution in [3.63, 3.8) is 0 Å². The van der Waals surface area contributed by atoms with Gasteiger partial charge in [0.2, 0.25) is 11.8 Å². The number of carbonyl (C=O) groups is 4. The second kappa shape index (κ2) is 17.0. The van der Waals surface area contributed by atoms with Gasteiger partial charge < -0.3 is 40.2 Å². The number of carbonyl (C=O) groups excluding carboxylic acids is 3. The summed E-state index contributed by atoms with van der Waals surface area (Å²) < 4.78 is 4.77. The van der Waals surface area contributed by atoms with Crippen LogP contribution in [0.25, 0.3) is 33.6 Å². The zero-order valence-corrected chi connectivity index (χ0v) is 32.0. The normalized spacial score (nSPS) is 17.4. The van der Waals surface area contributed by atoms with E-state index in [1.54, 1.807) is 28.4 Å². The number of hydrogen-bond acceptors (Lipinski definition) is 11. The number of alkyl carbamates (subject to hydrolysis) is 1. The fourth-order valence-electron chi connectivity index (χ4n) is 7.84. The fourth-order valence-corrected chi connectivity index (χ4v) is 7.84. The van der Waals surface area contributed by atoms with E-state index in [4.69, 9.17) is 4.74 Å². The predicted octanol–water partition coefficient (Wildman–Crippen LogP) is 3.54. The topological polar surface area (TPSA) is 269 Å². The second-order valence-electron chi connectivity index (χ2n) is 14.4. The van der Waals surface area contributed by atoms with Crippen LogP contribution in [0.15, 0.2) is 73.3 Å². The number of aromatic nitrogens is 10. The summed E-state index contributed by atoms with van der Waals surface area (Å²) in [6, 6.07) is 13.7. The Labute approximate surface area is 336 Å². The number of nitrogens with one attached hydrogen (secondary N) is 6. The maximum Gasteiger partial charge on any atom is 0.407 e. The Bertz CT molecular complexity index is 2380. The van der Waals surface area contributed by atoms with E-state index < -0.39 is 24.3 Å². The number of methoxy groups -OCH3 is 1. The van der Waals surface area contributed by atoms with Gasteiger partial charge in [0.15, 0.2) is 0 Å². The highest BCUT2D eigenvalue weighted by molar-refractivity contribution is 5.87. The summed E-state index contributed by atoms with van der Waals surface area (Å²) in [5, 5.41) is 34.9. The van der Waals surface area contributed by atoms with Crippen molar-refractivity contribution in [2.75, 3.05) is 20.2 Å². The Kier molecular flexibility index (Phi) is 11.1. The molecule has 59 heavy (non-hydrogen) atoms. The van der Waals surface area contributed by atoms with Crippen molar-refractivity contribution in [3.05, 3.63) is 96.4 Å². The summed E-state index contributed by atoms with van der Waals surface area (Å²) in [6.07, 6.45) is 7.83. The molecule has 7 N–H and O–H groups in total. The summed E-state index contributed by atoms with van der Waals surface area (Å²) in [5.74, 6) is 0.709. The molecular weight excluding hydrogens is 761 g/mol. The van der Waals surface area contributed by atoms with Gasteiger partial charge in [0.05, 0.1) is 54.4 Å². The molecule has 0 radical (unpaired) electrons. The molecular formula is C39H42N14O6. The molecule has 20 heteroatoms. The van der Waals surface area contributed by atoms with Gasteiger partial charge in [-0.2, -0.15) is 0 Å². The molecule has 6 aromatic rings. The van der Waals surface area contributed by atoms with Crippen molar-refractivity contribution in [2.24, 2.45) is 0 Å². The number of amides is 4. The number of likely N-dealkylation sites (tertiary alicyclic amines) is 2. The highest BCUT2D eigenvalue weighted by Gasteiger charge is 2.38. The predicted molar refractivity (Wildman–Crippen MR) is 209 cm³/mol. The van der Waals surface area contributed by atoms with E-state index in [-0.39, 0.29) is 36.7 Å². The molecule has 2 aliphatic rings. The summed E-state index contributed by atoms with van der Waals surface area (Å²) >= 11 is 0. The van der Waals surface area contributed by atoms with Crippen molar-refractivity contribution < 1.29 is 29.0 Å². The maximum atomic E-state index is 13.8. The van der Waals surface area contributed by atoms with Crippen LogP contribution in [0.5, 0.6) is 0 Å². The van der Waals surface area contributed by atoms with Crippen LogP contribution in [0, 0.1) is 0 Å². The Balaban J connectivity index is 0.912. The largest absolute Gasteiger partial charge is 0.465 e. The van der Waals surface area contributed by atoms with E-state index in [0.717, 1.165) is 52.9 Å². The van der Waals surface area contributed by atoms with Crippen molar-refractivity contribution in [1.29, 1.82) is 0 Å². The molecule has 0 aliphatic carbocycles. The number of carboxylic acid groups (broad SMARTS) is 1. The first-order chi connectivity index (χ1) is 28.7. The minimum atomic E-state index is -1.29. The SMILES string of the molecule is COC(=O)N[C@@H](Cc1c[nH]nn1)C(=O)N1CCCC1c1ncc(-c2ccc(-c3ccc(-c4cnc([C@@H]5CCCN5C(=O)[C@H](Cc5c[nH]nn5)NC(=O)O)[nH]4)cc3)cc2)[nH]1. The highest BCUT2D eigenvalue weighted by Crippen LogP contribution is 2.35. The van der Waals surface area contributed by atoms with Crippen molar-refractivity contribution in [3.8, 4) is 33.6 Å². The van der Waals surface area contributed by atoms with E-state index in [2.05, 4.69) is 61.4 Å². The number of hydrogen-bond donors (Lipinski definition) is 7. The van der Waals surface area contributed by atoms with Gasteiger partial charge in [0, 0.05) is 38.3 Å².